The quantitative estimate of drug-likeness (QED) is 0.733. The predicted molar refractivity (Wildman–Crippen MR) is 58.9 cm³/mol. The van der Waals surface area contributed by atoms with Crippen LogP contribution in [0.1, 0.15) is 24.1 Å². The lowest BCUT2D eigenvalue weighted by Crippen LogP contribution is -2.24. The van der Waals surface area contributed by atoms with Crippen molar-refractivity contribution in [2.24, 2.45) is 11.5 Å². The Morgan fingerprint density at radius 1 is 1.43 bits per heavy atom. The van der Waals surface area contributed by atoms with Crippen molar-refractivity contribution < 1.29 is 0 Å². The van der Waals surface area contributed by atoms with E-state index in [0.717, 1.165) is 31.5 Å². The van der Waals surface area contributed by atoms with E-state index < -0.39 is 0 Å². The van der Waals surface area contributed by atoms with Gasteiger partial charge in [-0.05, 0) is 37.9 Å². The van der Waals surface area contributed by atoms with Crippen LogP contribution < -0.4 is 11.5 Å². The van der Waals surface area contributed by atoms with E-state index >= 15 is 0 Å². The number of nitrogens with two attached hydrogens (primary N) is 2. The average molecular weight is 193 g/mol. The van der Waals surface area contributed by atoms with Gasteiger partial charge in [0.15, 0.2) is 0 Å². The minimum absolute atomic E-state index is 0.189. The van der Waals surface area contributed by atoms with Gasteiger partial charge >= 0.3 is 0 Å². The molecule has 0 aromatic carbocycles. The van der Waals surface area contributed by atoms with E-state index in [2.05, 4.69) is 11.1 Å². The molecule has 0 amide bonds. The molecule has 0 bridgehead atoms. The average Bonchev–Trinajstić information content (AvgIpc) is 2.18. The first-order chi connectivity index (χ1) is 6.72. The molecule has 0 spiro atoms. The molecule has 0 saturated carbocycles. The molecule has 4 N–H and O–H groups in total. The van der Waals surface area contributed by atoms with Gasteiger partial charge in [0.05, 0.1) is 0 Å². The van der Waals surface area contributed by atoms with Crippen LogP contribution in [0.4, 0.5) is 0 Å². The Kier molecular flexibility index (Phi) is 4.56. The molecule has 78 valence electrons. The van der Waals surface area contributed by atoms with Gasteiger partial charge in [0, 0.05) is 24.4 Å². The summed E-state index contributed by atoms with van der Waals surface area (Å²) in [5, 5.41) is 0. The van der Waals surface area contributed by atoms with Crippen molar-refractivity contribution >= 4 is 0 Å². The first-order valence-corrected chi connectivity index (χ1v) is 5.09. The van der Waals surface area contributed by atoms with Crippen LogP contribution in [-0.2, 0) is 6.42 Å². The van der Waals surface area contributed by atoms with Crippen LogP contribution in [0.15, 0.2) is 18.3 Å². The van der Waals surface area contributed by atoms with Crippen molar-refractivity contribution in [1.82, 2.24) is 4.98 Å². The molecule has 1 heterocycles. The maximum absolute atomic E-state index is 5.93. The first kappa shape index (κ1) is 11.1. The number of hydrogen-bond donors (Lipinski definition) is 2. The lowest BCUT2D eigenvalue weighted by atomic mass is 10.1. The molecule has 1 aromatic rings. The molecule has 3 nitrogen and oxygen atoms in total. The van der Waals surface area contributed by atoms with Gasteiger partial charge in [0.25, 0.3) is 0 Å². The van der Waals surface area contributed by atoms with Crippen molar-refractivity contribution in [1.29, 1.82) is 0 Å². The molecule has 0 aliphatic rings. The van der Waals surface area contributed by atoms with Crippen molar-refractivity contribution in [3.05, 3.63) is 29.6 Å². The van der Waals surface area contributed by atoms with Crippen LogP contribution in [0, 0.1) is 6.92 Å². The van der Waals surface area contributed by atoms with Crippen LogP contribution in [0.2, 0.25) is 0 Å². The molecule has 1 rings (SSSR count). The maximum Gasteiger partial charge on any atom is 0.0419 e. The fourth-order valence-electron chi connectivity index (χ4n) is 1.37. The summed E-state index contributed by atoms with van der Waals surface area (Å²) in [6.45, 7) is 2.75. The topological polar surface area (TPSA) is 64.9 Å². The Morgan fingerprint density at radius 2 is 2.21 bits per heavy atom. The Bertz CT molecular complexity index is 256. The summed E-state index contributed by atoms with van der Waals surface area (Å²) in [5.41, 5.74) is 13.6. The van der Waals surface area contributed by atoms with Crippen LogP contribution in [0.3, 0.4) is 0 Å². The minimum Gasteiger partial charge on any atom is -0.330 e. The molecule has 0 aliphatic carbocycles. The smallest absolute Gasteiger partial charge is 0.0419 e. The van der Waals surface area contributed by atoms with Crippen molar-refractivity contribution in [2.75, 3.05) is 6.54 Å². The van der Waals surface area contributed by atoms with Gasteiger partial charge in [-0.25, -0.2) is 0 Å². The van der Waals surface area contributed by atoms with E-state index in [0.29, 0.717) is 0 Å². The number of aryl methyl sites for hydroxylation is 1. The third-order valence-corrected chi connectivity index (χ3v) is 2.22. The molecule has 0 radical (unpaired) electrons. The summed E-state index contributed by atoms with van der Waals surface area (Å²) in [6, 6.07) is 4.30. The third kappa shape index (κ3) is 3.85. The highest BCUT2D eigenvalue weighted by atomic mass is 14.7. The largest absolute Gasteiger partial charge is 0.330 e. The number of pyridine rings is 1. The molecule has 1 atom stereocenters. The van der Waals surface area contributed by atoms with Crippen LogP contribution >= 0.6 is 0 Å². The Hall–Kier alpha value is -0.930. The monoisotopic (exact) mass is 193 g/mol. The summed E-state index contributed by atoms with van der Waals surface area (Å²) in [5.74, 6) is 0. The third-order valence-electron chi connectivity index (χ3n) is 2.22. The fraction of sp³-hybridized carbons (Fsp3) is 0.545. The van der Waals surface area contributed by atoms with Gasteiger partial charge in [0.2, 0.25) is 0 Å². The number of aromatic nitrogens is 1. The van der Waals surface area contributed by atoms with E-state index in [4.69, 9.17) is 11.5 Å². The highest BCUT2D eigenvalue weighted by molar-refractivity contribution is 5.12. The Labute approximate surface area is 85.5 Å². The van der Waals surface area contributed by atoms with E-state index in [-0.39, 0.29) is 6.04 Å². The van der Waals surface area contributed by atoms with Crippen molar-refractivity contribution in [2.45, 2.75) is 32.2 Å². The summed E-state index contributed by atoms with van der Waals surface area (Å²) in [4.78, 5) is 4.32. The Morgan fingerprint density at radius 3 is 2.79 bits per heavy atom. The van der Waals surface area contributed by atoms with Crippen LogP contribution in [-0.4, -0.2) is 17.6 Å². The number of nitrogens with zero attached hydrogens (tertiary/aromatic N) is 1. The molecule has 0 aliphatic heterocycles. The first-order valence-electron chi connectivity index (χ1n) is 5.09. The molecular weight excluding hydrogens is 174 g/mol. The highest BCUT2D eigenvalue weighted by Gasteiger charge is 2.03. The molecule has 14 heavy (non-hydrogen) atoms. The normalized spacial score (nSPS) is 12.8. The van der Waals surface area contributed by atoms with Gasteiger partial charge in [-0.1, -0.05) is 6.07 Å². The zero-order chi connectivity index (χ0) is 10.4. The summed E-state index contributed by atoms with van der Waals surface area (Å²) >= 11 is 0. The van der Waals surface area contributed by atoms with Gasteiger partial charge in [-0.15, -0.1) is 0 Å². The fourth-order valence-corrected chi connectivity index (χ4v) is 1.37. The number of hydrogen-bond acceptors (Lipinski definition) is 3. The van der Waals surface area contributed by atoms with E-state index in [1.807, 2.05) is 19.2 Å². The zero-order valence-electron chi connectivity index (χ0n) is 8.74. The second-order valence-corrected chi connectivity index (χ2v) is 3.72. The van der Waals surface area contributed by atoms with Crippen molar-refractivity contribution in [3.8, 4) is 0 Å². The highest BCUT2D eigenvalue weighted by Crippen LogP contribution is 2.04. The predicted octanol–water partition coefficient (Wildman–Crippen LogP) is 0.999. The molecule has 3 heteroatoms. The van der Waals surface area contributed by atoms with Gasteiger partial charge in [0.1, 0.15) is 0 Å². The molecule has 1 unspecified atom stereocenters. The number of rotatable bonds is 5. The van der Waals surface area contributed by atoms with Gasteiger partial charge in [-0.2, -0.15) is 0 Å². The van der Waals surface area contributed by atoms with Crippen LogP contribution in [0.5, 0.6) is 0 Å². The molecule has 0 fully saturated rings. The lowest BCUT2D eigenvalue weighted by Gasteiger charge is -2.09. The van der Waals surface area contributed by atoms with E-state index in [9.17, 15) is 0 Å². The molecule has 0 saturated heterocycles. The van der Waals surface area contributed by atoms with Gasteiger partial charge < -0.3 is 11.5 Å². The summed E-state index contributed by atoms with van der Waals surface area (Å²) in [6.07, 6.45) is 4.70. The van der Waals surface area contributed by atoms with E-state index in [1.54, 1.807) is 0 Å². The SMILES string of the molecule is Cc1ccc(CC(N)CCCN)nc1. The van der Waals surface area contributed by atoms with E-state index in [1.165, 1.54) is 5.56 Å². The summed E-state index contributed by atoms with van der Waals surface area (Å²) < 4.78 is 0. The van der Waals surface area contributed by atoms with Gasteiger partial charge in [-0.3, -0.25) is 4.98 Å². The zero-order valence-corrected chi connectivity index (χ0v) is 8.74. The lowest BCUT2D eigenvalue weighted by molar-refractivity contribution is 0.579. The summed E-state index contributed by atoms with van der Waals surface area (Å²) in [7, 11) is 0. The minimum atomic E-state index is 0.189. The maximum atomic E-state index is 5.93. The van der Waals surface area contributed by atoms with Crippen LogP contribution in [0.25, 0.3) is 0 Å². The molecule has 1 aromatic heterocycles. The Balaban J connectivity index is 2.39. The second kappa shape index (κ2) is 5.73. The van der Waals surface area contributed by atoms with Crippen molar-refractivity contribution in [3.63, 3.8) is 0 Å². The second-order valence-electron chi connectivity index (χ2n) is 3.72. The standard InChI is InChI=1S/C11H19N3/c1-9-4-5-11(14-8-9)7-10(13)3-2-6-12/h4-5,8,10H,2-3,6-7,12-13H2,1H3. The molecular formula is C11H19N3.